The molecule has 70 valence electrons. The van der Waals surface area contributed by atoms with Crippen LogP contribution in [0.2, 0.25) is 0 Å². The summed E-state index contributed by atoms with van der Waals surface area (Å²) >= 11 is 0. The molecule has 1 aromatic rings. The van der Waals surface area contributed by atoms with E-state index in [1.807, 2.05) is 0 Å². The predicted molar refractivity (Wildman–Crippen MR) is 50.5 cm³/mol. The second kappa shape index (κ2) is 3.13. The van der Waals surface area contributed by atoms with Crippen molar-refractivity contribution < 1.29 is 9.84 Å². The van der Waals surface area contributed by atoms with E-state index in [0.717, 1.165) is 5.56 Å². The monoisotopic (exact) mass is 178 g/mol. The Kier molecular flexibility index (Phi) is 2.10. The Labute approximate surface area is 78.2 Å². The van der Waals surface area contributed by atoms with E-state index < -0.39 is 0 Å². The second-order valence-corrected chi connectivity index (χ2v) is 3.67. The minimum atomic E-state index is -0.369. The van der Waals surface area contributed by atoms with Gasteiger partial charge in [0.05, 0.1) is 6.10 Å². The van der Waals surface area contributed by atoms with Gasteiger partial charge in [0.2, 0.25) is 0 Å². The number of aliphatic hydroxyl groups excluding tert-OH is 1. The Balaban J connectivity index is 2.08. The topological polar surface area (TPSA) is 32.8 Å². The molecule has 0 spiro atoms. The molecule has 0 bridgehead atoms. The fourth-order valence-electron chi connectivity index (χ4n) is 1.51. The summed E-state index contributed by atoms with van der Waals surface area (Å²) in [7, 11) is 0. The first-order chi connectivity index (χ1) is 6.18. The van der Waals surface area contributed by atoms with Crippen molar-refractivity contribution in [2.75, 3.05) is 0 Å². The van der Waals surface area contributed by atoms with Crippen LogP contribution >= 0.6 is 0 Å². The highest BCUT2D eigenvalue weighted by Gasteiger charge is 2.43. The third-order valence-electron chi connectivity index (χ3n) is 2.41. The van der Waals surface area contributed by atoms with Gasteiger partial charge in [-0.15, -0.1) is 0 Å². The molecule has 13 heavy (non-hydrogen) atoms. The molecule has 3 atom stereocenters. The van der Waals surface area contributed by atoms with E-state index in [4.69, 9.17) is 4.74 Å². The van der Waals surface area contributed by atoms with Crippen molar-refractivity contribution in [1.29, 1.82) is 0 Å². The maximum Gasteiger partial charge on any atom is 0.114 e. The standard InChI is InChI=1S/C11H14O2/c1-7-3-5-9(6-4-7)11-10(13-11)8(2)12/h3-6,8,10-12H,1-2H3/t8-,10+,11+/m1/s1. The number of hydrogen-bond donors (Lipinski definition) is 1. The van der Waals surface area contributed by atoms with Gasteiger partial charge in [0.1, 0.15) is 12.2 Å². The van der Waals surface area contributed by atoms with Gasteiger partial charge in [-0.3, -0.25) is 0 Å². The molecule has 0 aromatic heterocycles. The molecular weight excluding hydrogens is 164 g/mol. The van der Waals surface area contributed by atoms with E-state index in [2.05, 4.69) is 31.2 Å². The summed E-state index contributed by atoms with van der Waals surface area (Å²) in [4.78, 5) is 0. The number of benzene rings is 1. The molecule has 1 fully saturated rings. The van der Waals surface area contributed by atoms with E-state index in [-0.39, 0.29) is 18.3 Å². The van der Waals surface area contributed by atoms with Crippen LogP contribution in [0.3, 0.4) is 0 Å². The molecule has 2 heteroatoms. The maximum atomic E-state index is 9.25. The van der Waals surface area contributed by atoms with E-state index >= 15 is 0 Å². The Bertz CT molecular complexity index is 289. The largest absolute Gasteiger partial charge is 0.391 e. The Morgan fingerprint density at radius 1 is 1.31 bits per heavy atom. The highest BCUT2D eigenvalue weighted by Crippen LogP contribution is 2.40. The van der Waals surface area contributed by atoms with Gasteiger partial charge in [-0.05, 0) is 19.4 Å². The molecule has 1 aliphatic rings. The lowest BCUT2D eigenvalue weighted by Gasteiger charge is -1.98. The van der Waals surface area contributed by atoms with E-state index in [0.29, 0.717) is 0 Å². The number of ether oxygens (including phenoxy) is 1. The van der Waals surface area contributed by atoms with E-state index in [1.165, 1.54) is 5.56 Å². The minimum absolute atomic E-state index is 0.00251. The average Bonchev–Trinajstić information content (AvgIpc) is 2.85. The van der Waals surface area contributed by atoms with Gasteiger partial charge in [-0.25, -0.2) is 0 Å². The molecule has 0 saturated carbocycles. The van der Waals surface area contributed by atoms with Gasteiger partial charge in [0.25, 0.3) is 0 Å². The SMILES string of the molecule is Cc1ccc([C@@H]2O[C@H]2[C@@H](C)O)cc1. The summed E-state index contributed by atoms with van der Waals surface area (Å²) in [6.45, 7) is 3.82. The van der Waals surface area contributed by atoms with Crippen molar-refractivity contribution in [3.8, 4) is 0 Å². The average molecular weight is 178 g/mol. The van der Waals surface area contributed by atoms with Gasteiger partial charge < -0.3 is 9.84 Å². The first-order valence-corrected chi connectivity index (χ1v) is 4.58. The third-order valence-corrected chi connectivity index (χ3v) is 2.41. The third kappa shape index (κ3) is 1.74. The number of aliphatic hydroxyl groups is 1. The first kappa shape index (κ1) is 8.73. The molecule has 1 aliphatic heterocycles. The maximum absolute atomic E-state index is 9.25. The number of epoxide rings is 1. The fraction of sp³-hybridized carbons (Fsp3) is 0.455. The molecule has 1 saturated heterocycles. The van der Waals surface area contributed by atoms with Gasteiger partial charge in [0.15, 0.2) is 0 Å². The van der Waals surface area contributed by atoms with Gasteiger partial charge in [0, 0.05) is 0 Å². The van der Waals surface area contributed by atoms with Crippen molar-refractivity contribution in [3.05, 3.63) is 35.4 Å². The summed E-state index contributed by atoms with van der Waals surface area (Å²) in [5.41, 5.74) is 2.41. The molecule has 2 nitrogen and oxygen atoms in total. The second-order valence-electron chi connectivity index (χ2n) is 3.67. The van der Waals surface area contributed by atoms with Crippen molar-refractivity contribution >= 4 is 0 Å². The number of hydrogen-bond acceptors (Lipinski definition) is 2. The van der Waals surface area contributed by atoms with Gasteiger partial charge in [-0.1, -0.05) is 29.8 Å². The lowest BCUT2D eigenvalue weighted by atomic mass is 10.1. The molecule has 0 amide bonds. The van der Waals surface area contributed by atoms with Crippen molar-refractivity contribution in [1.82, 2.24) is 0 Å². The first-order valence-electron chi connectivity index (χ1n) is 4.58. The Morgan fingerprint density at radius 3 is 2.38 bits per heavy atom. The van der Waals surface area contributed by atoms with E-state index in [1.54, 1.807) is 6.92 Å². The number of rotatable bonds is 2. The van der Waals surface area contributed by atoms with Crippen LogP contribution in [-0.2, 0) is 4.74 Å². The summed E-state index contributed by atoms with van der Waals surface area (Å²) in [6, 6.07) is 8.25. The Hall–Kier alpha value is -0.860. The van der Waals surface area contributed by atoms with Crippen LogP contribution in [0.25, 0.3) is 0 Å². The molecule has 1 heterocycles. The zero-order valence-electron chi connectivity index (χ0n) is 7.90. The van der Waals surface area contributed by atoms with Crippen LogP contribution in [0.15, 0.2) is 24.3 Å². The van der Waals surface area contributed by atoms with Crippen LogP contribution in [0.4, 0.5) is 0 Å². The van der Waals surface area contributed by atoms with Crippen LogP contribution in [-0.4, -0.2) is 17.3 Å². The van der Waals surface area contributed by atoms with Crippen LogP contribution in [0.1, 0.15) is 24.2 Å². The highest BCUT2D eigenvalue weighted by atomic mass is 16.6. The van der Waals surface area contributed by atoms with E-state index in [9.17, 15) is 5.11 Å². The van der Waals surface area contributed by atoms with Crippen LogP contribution in [0, 0.1) is 6.92 Å². The lowest BCUT2D eigenvalue weighted by Crippen LogP contribution is -2.09. The zero-order chi connectivity index (χ0) is 9.42. The Morgan fingerprint density at radius 2 is 1.92 bits per heavy atom. The number of aryl methyl sites for hydroxylation is 1. The quantitative estimate of drug-likeness (QED) is 0.700. The highest BCUT2D eigenvalue weighted by molar-refractivity contribution is 5.26. The van der Waals surface area contributed by atoms with Crippen LogP contribution < -0.4 is 0 Å². The summed E-state index contributed by atoms with van der Waals surface area (Å²) in [6.07, 6.45) is -0.255. The fourth-order valence-corrected chi connectivity index (χ4v) is 1.51. The van der Waals surface area contributed by atoms with Crippen LogP contribution in [0.5, 0.6) is 0 Å². The molecule has 1 N–H and O–H groups in total. The minimum Gasteiger partial charge on any atom is -0.391 e. The molecule has 1 aromatic carbocycles. The zero-order valence-corrected chi connectivity index (χ0v) is 7.90. The van der Waals surface area contributed by atoms with Gasteiger partial charge >= 0.3 is 0 Å². The predicted octanol–water partition coefficient (Wildman–Crippen LogP) is 1.82. The van der Waals surface area contributed by atoms with Crippen molar-refractivity contribution in [2.24, 2.45) is 0 Å². The molecule has 0 radical (unpaired) electrons. The molecular formula is C11H14O2. The summed E-state index contributed by atoms with van der Waals surface area (Å²) < 4.78 is 5.35. The van der Waals surface area contributed by atoms with Crippen molar-refractivity contribution in [3.63, 3.8) is 0 Å². The lowest BCUT2D eigenvalue weighted by molar-refractivity contribution is 0.152. The van der Waals surface area contributed by atoms with Gasteiger partial charge in [-0.2, -0.15) is 0 Å². The molecule has 0 aliphatic carbocycles. The summed E-state index contributed by atoms with van der Waals surface area (Å²) in [5, 5.41) is 9.25. The summed E-state index contributed by atoms with van der Waals surface area (Å²) in [5.74, 6) is 0. The van der Waals surface area contributed by atoms with Crippen molar-refractivity contribution in [2.45, 2.75) is 32.2 Å². The molecule has 2 rings (SSSR count). The smallest absolute Gasteiger partial charge is 0.114 e. The normalized spacial score (nSPS) is 28.5. The molecule has 0 unspecified atom stereocenters.